The molecular weight excluding hydrogens is 392 g/mol. The summed E-state index contributed by atoms with van der Waals surface area (Å²) in [6.45, 7) is 2.76. The summed E-state index contributed by atoms with van der Waals surface area (Å²) in [5.74, 6) is 0.0329. The molecule has 0 radical (unpaired) electrons. The number of sulfone groups is 1. The van der Waals surface area contributed by atoms with Crippen LogP contribution in [0.5, 0.6) is 0 Å². The molecule has 0 saturated carbocycles. The SMILES string of the molecule is CS(=O)(=O)Cc1ccc(-c2cc3c(s2)C2(CCNCC2)OCC3)nc1.Cl. The quantitative estimate of drug-likeness (QED) is 0.836. The van der Waals surface area contributed by atoms with Crippen LogP contribution in [-0.4, -0.2) is 39.4 Å². The fourth-order valence-corrected chi connectivity index (χ4v) is 5.87. The summed E-state index contributed by atoms with van der Waals surface area (Å²) in [6.07, 6.45) is 5.90. The van der Waals surface area contributed by atoms with Crippen LogP contribution in [0.25, 0.3) is 10.6 Å². The summed E-state index contributed by atoms with van der Waals surface area (Å²) in [7, 11) is -3.04. The van der Waals surface area contributed by atoms with Gasteiger partial charge in [0.2, 0.25) is 0 Å². The number of thiophene rings is 1. The Hall–Kier alpha value is -0.990. The Morgan fingerprint density at radius 3 is 2.73 bits per heavy atom. The summed E-state index contributed by atoms with van der Waals surface area (Å²) < 4.78 is 29.1. The Bertz CT molecular complexity index is 872. The number of nitrogens with one attached hydrogen (secondary N) is 1. The van der Waals surface area contributed by atoms with Gasteiger partial charge in [-0.3, -0.25) is 4.98 Å². The summed E-state index contributed by atoms with van der Waals surface area (Å²) in [5, 5.41) is 3.41. The molecule has 0 unspecified atom stereocenters. The van der Waals surface area contributed by atoms with Gasteiger partial charge in [-0.15, -0.1) is 23.7 Å². The normalized spacial score (nSPS) is 19.0. The molecule has 2 aliphatic heterocycles. The molecule has 0 atom stereocenters. The number of pyridine rings is 1. The van der Waals surface area contributed by atoms with Gasteiger partial charge in [-0.25, -0.2) is 8.42 Å². The monoisotopic (exact) mass is 414 g/mol. The van der Waals surface area contributed by atoms with Crippen molar-refractivity contribution in [1.29, 1.82) is 0 Å². The topological polar surface area (TPSA) is 68.3 Å². The molecule has 0 bridgehead atoms. The molecule has 1 saturated heterocycles. The van der Waals surface area contributed by atoms with Crippen molar-refractivity contribution in [3.63, 3.8) is 0 Å². The predicted octanol–water partition coefficient (Wildman–Crippen LogP) is 2.93. The number of hydrogen-bond donors (Lipinski definition) is 1. The van der Waals surface area contributed by atoms with E-state index in [9.17, 15) is 8.42 Å². The maximum absolute atomic E-state index is 11.4. The molecule has 2 aromatic heterocycles. The van der Waals surface area contributed by atoms with E-state index >= 15 is 0 Å². The number of fused-ring (bicyclic) bond motifs is 2. The van der Waals surface area contributed by atoms with Gasteiger partial charge in [-0.05, 0) is 55.6 Å². The Labute approximate surface area is 164 Å². The zero-order chi connectivity index (χ0) is 17.5. The third-order valence-electron chi connectivity index (χ3n) is 4.89. The summed E-state index contributed by atoms with van der Waals surface area (Å²) in [5.41, 5.74) is 2.89. The Morgan fingerprint density at radius 1 is 1.31 bits per heavy atom. The number of nitrogens with zero attached hydrogens (tertiary/aromatic N) is 1. The molecule has 0 aliphatic carbocycles. The van der Waals surface area contributed by atoms with E-state index in [4.69, 9.17) is 4.74 Å². The van der Waals surface area contributed by atoms with Crippen LogP contribution < -0.4 is 5.32 Å². The third kappa shape index (κ3) is 3.97. The molecule has 1 spiro atoms. The number of piperidine rings is 1. The van der Waals surface area contributed by atoms with Gasteiger partial charge in [-0.2, -0.15) is 0 Å². The van der Waals surface area contributed by atoms with Crippen LogP contribution in [0.1, 0.15) is 28.8 Å². The van der Waals surface area contributed by atoms with E-state index in [-0.39, 0.29) is 23.8 Å². The van der Waals surface area contributed by atoms with Crippen molar-refractivity contribution in [3.05, 3.63) is 40.4 Å². The maximum Gasteiger partial charge on any atom is 0.151 e. The van der Waals surface area contributed by atoms with E-state index < -0.39 is 9.84 Å². The van der Waals surface area contributed by atoms with Crippen molar-refractivity contribution < 1.29 is 13.2 Å². The molecule has 2 aliphatic rings. The molecule has 26 heavy (non-hydrogen) atoms. The number of ether oxygens (including phenoxy) is 1. The van der Waals surface area contributed by atoms with Crippen molar-refractivity contribution >= 4 is 33.6 Å². The van der Waals surface area contributed by atoms with Crippen molar-refractivity contribution in [2.24, 2.45) is 0 Å². The highest BCUT2D eigenvalue weighted by molar-refractivity contribution is 7.89. The zero-order valence-corrected chi connectivity index (χ0v) is 17.1. The second-order valence-corrected chi connectivity index (χ2v) is 10.1. The van der Waals surface area contributed by atoms with Gasteiger partial charge in [0.15, 0.2) is 9.84 Å². The Morgan fingerprint density at radius 2 is 2.08 bits per heavy atom. The van der Waals surface area contributed by atoms with Crippen LogP contribution >= 0.6 is 23.7 Å². The van der Waals surface area contributed by atoms with Crippen LogP contribution in [0.2, 0.25) is 0 Å². The van der Waals surface area contributed by atoms with Crippen LogP contribution in [0, 0.1) is 0 Å². The van der Waals surface area contributed by atoms with Crippen molar-refractivity contribution in [3.8, 4) is 10.6 Å². The summed E-state index contributed by atoms with van der Waals surface area (Å²) in [6, 6.07) is 6.03. The van der Waals surface area contributed by atoms with E-state index in [0.29, 0.717) is 0 Å². The fourth-order valence-electron chi connectivity index (χ4n) is 3.71. The summed E-state index contributed by atoms with van der Waals surface area (Å²) >= 11 is 1.78. The minimum atomic E-state index is -3.04. The van der Waals surface area contributed by atoms with Crippen molar-refractivity contribution in [2.75, 3.05) is 26.0 Å². The first-order chi connectivity index (χ1) is 12.0. The van der Waals surface area contributed by atoms with Crippen LogP contribution in [0.4, 0.5) is 0 Å². The lowest BCUT2D eigenvalue weighted by Crippen LogP contribution is -2.43. The molecule has 0 aromatic carbocycles. The van der Waals surface area contributed by atoms with Crippen molar-refractivity contribution in [1.82, 2.24) is 10.3 Å². The second kappa shape index (κ2) is 7.56. The number of rotatable bonds is 3. The first kappa shape index (κ1) is 19.8. The average Bonchev–Trinajstić information content (AvgIpc) is 3.01. The predicted molar refractivity (Wildman–Crippen MR) is 107 cm³/mol. The molecular formula is C18H23ClN2O3S2. The van der Waals surface area contributed by atoms with Gasteiger partial charge in [0.1, 0.15) is 5.60 Å². The zero-order valence-electron chi connectivity index (χ0n) is 14.7. The Balaban J connectivity index is 0.00000196. The highest BCUT2D eigenvalue weighted by atomic mass is 35.5. The lowest BCUT2D eigenvalue weighted by atomic mass is 9.86. The maximum atomic E-state index is 11.4. The third-order valence-corrected chi connectivity index (χ3v) is 7.13. The second-order valence-electron chi connectivity index (χ2n) is 6.93. The lowest BCUT2D eigenvalue weighted by molar-refractivity contribution is -0.0771. The molecule has 0 amide bonds. The van der Waals surface area contributed by atoms with Crippen LogP contribution in [-0.2, 0) is 32.3 Å². The molecule has 5 nitrogen and oxygen atoms in total. The molecule has 1 N–H and O–H groups in total. The van der Waals surface area contributed by atoms with Gasteiger partial charge in [-0.1, -0.05) is 6.07 Å². The molecule has 4 rings (SSSR count). The van der Waals surface area contributed by atoms with E-state index in [0.717, 1.165) is 55.1 Å². The van der Waals surface area contributed by atoms with Gasteiger partial charge in [0, 0.05) is 17.3 Å². The minimum Gasteiger partial charge on any atom is -0.369 e. The van der Waals surface area contributed by atoms with E-state index in [1.165, 1.54) is 16.7 Å². The van der Waals surface area contributed by atoms with Crippen molar-refractivity contribution in [2.45, 2.75) is 30.6 Å². The number of halogens is 1. The van der Waals surface area contributed by atoms with E-state index in [1.807, 2.05) is 12.1 Å². The molecule has 8 heteroatoms. The fraction of sp³-hybridized carbons (Fsp3) is 0.500. The summed E-state index contributed by atoms with van der Waals surface area (Å²) in [4.78, 5) is 7.00. The van der Waals surface area contributed by atoms with Gasteiger partial charge < -0.3 is 10.1 Å². The average molecular weight is 415 g/mol. The first-order valence-electron chi connectivity index (χ1n) is 8.56. The van der Waals surface area contributed by atoms with Gasteiger partial charge >= 0.3 is 0 Å². The molecule has 142 valence electrons. The van der Waals surface area contributed by atoms with Gasteiger partial charge in [0.25, 0.3) is 0 Å². The highest BCUT2D eigenvalue weighted by Gasteiger charge is 2.40. The molecule has 4 heterocycles. The van der Waals surface area contributed by atoms with Crippen LogP contribution in [0.3, 0.4) is 0 Å². The molecule has 1 fully saturated rings. The van der Waals surface area contributed by atoms with E-state index in [2.05, 4.69) is 16.4 Å². The van der Waals surface area contributed by atoms with Gasteiger partial charge in [0.05, 0.1) is 22.9 Å². The highest BCUT2D eigenvalue weighted by Crippen LogP contribution is 2.46. The number of aromatic nitrogens is 1. The smallest absolute Gasteiger partial charge is 0.151 e. The number of hydrogen-bond acceptors (Lipinski definition) is 6. The minimum absolute atomic E-state index is 0. The first-order valence-corrected chi connectivity index (χ1v) is 11.4. The standard InChI is InChI=1S/C18H22N2O3S2.ClH/c1-25(21,22)12-13-2-3-15(20-11-13)16-10-14-4-9-23-18(17(14)24-16)5-7-19-8-6-18;/h2-3,10-11,19H,4-9,12H2,1H3;1H. The Kier molecular flexibility index (Phi) is 5.75. The molecule has 2 aromatic rings. The van der Waals surface area contributed by atoms with E-state index in [1.54, 1.807) is 17.5 Å². The largest absolute Gasteiger partial charge is 0.369 e. The lowest BCUT2D eigenvalue weighted by Gasteiger charge is -2.40. The van der Waals surface area contributed by atoms with Crippen LogP contribution in [0.15, 0.2) is 24.4 Å².